The molecule has 0 unspecified atom stereocenters. The first-order valence-electron chi connectivity index (χ1n) is 5.25. The van der Waals surface area contributed by atoms with Crippen LogP contribution in [-0.4, -0.2) is 29.1 Å². The third-order valence-electron chi connectivity index (χ3n) is 3.15. The average Bonchev–Trinajstić information content (AvgIpc) is 2.87. The first kappa shape index (κ1) is 9.81. The predicted octanol–water partition coefficient (Wildman–Crippen LogP) is 1.68. The molecule has 2 aliphatic rings. The molecule has 0 bridgehead atoms. The topological polar surface area (TPSA) is 39.6 Å². The Morgan fingerprint density at radius 1 is 1.73 bits per heavy atom. The fourth-order valence-electron chi connectivity index (χ4n) is 2.35. The molecule has 0 aliphatic carbocycles. The van der Waals surface area contributed by atoms with Crippen molar-refractivity contribution < 1.29 is 9.47 Å². The molecule has 2 atom stereocenters. The van der Waals surface area contributed by atoms with Crippen LogP contribution in [0.25, 0.3) is 0 Å². The molecule has 0 radical (unpaired) electrons. The molecule has 1 aromatic rings. The summed E-state index contributed by atoms with van der Waals surface area (Å²) in [7, 11) is 0. The van der Waals surface area contributed by atoms with Gasteiger partial charge in [-0.05, 0) is 22.9 Å². The van der Waals surface area contributed by atoms with E-state index in [0.29, 0.717) is 12.7 Å². The smallest absolute Gasteiger partial charge is 0.160 e. The summed E-state index contributed by atoms with van der Waals surface area (Å²) in [4.78, 5) is 0. The van der Waals surface area contributed by atoms with Crippen molar-refractivity contribution >= 4 is 15.9 Å². The second-order valence-corrected chi connectivity index (χ2v) is 4.85. The fourth-order valence-corrected chi connectivity index (χ4v) is 2.98. The molecule has 0 spiro atoms. The van der Waals surface area contributed by atoms with E-state index in [1.807, 2.05) is 10.9 Å². The van der Waals surface area contributed by atoms with Crippen LogP contribution in [0.5, 0.6) is 0 Å². The van der Waals surface area contributed by atoms with Gasteiger partial charge >= 0.3 is 0 Å². The minimum Gasteiger partial charge on any atom is -0.378 e. The number of nitrogens with zero attached hydrogens (tertiary/aromatic N) is 2. The Balaban J connectivity index is 2.01. The molecule has 0 aromatic carbocycles. The molecular weight excluding hydrogens is 260 g/mol. The third kappa shape index (κ3) is 1.30. The summed E-state index contributed by atoms with van der Waals surface area (Å²) in [5.41, 5.74) is 0.915. The molecule has 2 fully saturated rings. The minimum atomic E-state index is -0.219. The van der Waals surface area contributed by atoms with Crippen LogP contribution in [0.4, 0.5) is 0 Å². The van der Waals surface area contributed by atoms with Gasteiger partial charge in [0.1, 0.15) is 0 Å². The Morgan fingerprint density at radius 2 is 2.60 bits per heavy atom. The van der Waals surface area contributed by atoms with Crippen LogP contribution in [0, 0.1) is 0 Å². The predicted molar refractivity (Wildman–Crippen MR) is 57.6 cm³/mol. The number of hydrogen-bond donors (Lipinski definition) is 0. The molecule has 3 rings (SSSR count). The summed E-state index contributed by atoms with van der Waals surface area (Å²) in [6.07, 6.45) is 3.15. The highest BCUT2D eigenvalue weighted by Gasteiger charge is 2.62. The summed E-state index contributed by atoms with van der Waals surface area (Å²) >= 11 is 3.54. The summed E-state index contributed by atoms with van der Waals surface area (Å²) in [6, 6.07) is 0. The van der Waals surface area contributed by atoms with E-state index in [-0.39, 0.29) is 5.60 Å². The lowest BCUT2D eigenvalue weighted by atomic mass is 9.98. The number of aryl methyl sites for hydroxylation is 1. The van der Waals surface area contributed by atoms with E-state index in [1.165, 1.54) is 0 Å². The highest BCUT2D eigenvalue weighted by molar-refractivity contribution is 9.10. The normalized spacial score (nSPS) is 33.9. The number of epoxide rings is 1. The summed E-state index contributed by atoms with van der Waals surface area (Å²) < 4.78 is 14.3. The molecule has 82 valence electrons. The van der Waals surface area contributed by atoms with Gasteiger partial charge in [-0.3, -0.25) is 4.68 Å². The molecule has 4 nitrogen and oxygen atoms in total. The molecule has 2 saturated heterocycles. The van der Waals surface area contributed by atoms with Gasteiger partial charge in [-0.25, -0.2) is 0 Å². The maximum atomic E-state index is 5.82. The number of rotatable bonds is 2. The zero-order valence-electron chi connectivity index (χ0n) is 8.57. The second-order valence-electron chi connectivity index (χ2n) is 3.99. The second kappa shape index (κ2) is 3.30. The highest BCUT2D eigenvalue weighted by atomic mass is 79.9. The molecule has 15 heavy (non-hydrogen) atoms. The Kier molecular flexibility index (Phi) is 2.16. The van der Waals surface area contributed by atoms with Gasteiger partial charge in [0.2, 0.25) is 0 Å². The number of aromatic nitrogens is 2. The summed E-state index contributed by atoms with van der Waals surface area (Å²) in [5, 5.41) is 4.32. The Bertz CT molecular complexity index is 393. The van der Waals surface area contributed by atoms with Gasteiger partial charge < -0.3 is 9.47 Å². The van der Waals surface area contributed by atoms with Crippen LogP contribution < -0.4 is 0 Å². The van der Waals surface area contributed by atoms with Crippen molar-refractivity contribution in [3.8, 4) is 0 Å². The molecule has 3 heterocycles. The van der Waals surface area contributed by atoms with E-state index in [9.17, 15) is 0 Å². The monoisotopic (exact) mass is 272 g/mol. The van der Waals surface area contributed by atoms with Gasteiger partial charge in [0.25, 0.3) is 0 Å². The molecule has 5 heteroatoms. The van der Waals surface area contributed by atoms with Crippen molar-refractivity contribution in [3.05, 3.63) is 16.4 Å². The van der Waals surface area contributed by atoms with E-state index in [1.54, 1.807) is 0 Å². The largest absolute Gasteiger partial charge is 0.378 e. The van der Waals surface area contributed by atoms with Crippen molar-refractivity contribution in [1.29, 1.82) is 0 Å². The molecule has 2 aliphatic heterocycles. The molecule has 0 saturated carbocycles. The van der Waals surface area contributed by atoms with Crippen LogP contribution in [-0.2, 0) is 21.6 Å². The van der Waals surface area contributed by atoms with Gasteiger partial charge in [-0.15, -0.1) is 0 Å². The van der Waals surface area contributed by atoms with E-state index in [4.69, 9.17) is 9.47 Å². The quantitative estimate of drug-likeness (QED) is 0.770. The Labute approximate surface area is 96.7 Å². The summed E-state index contributed by atoms with van der Waals surface area (Å²) in [5.74, 6) is 0. The Morgan fingerprint density at radius 3 is 3.33 bits per heavy atom. The standard InChI is InChI=1S/C10H13BrN2O2/c1-2-13-9(7(11)5-12-13)10-6-14-4-3-8(10)15-10/h5,8H,2-4,6H2,1H3/t8-,10-/m1/s1. The number of fused-ring (bicyclic) bond motifs is 1. The van der Waals surface area contributed by atoms with Gasteiger partial charge in [-0.1, -0.05) is 0 Å². The molecule has 0 N–H and O–H groups in total. The maximum Gasteiger partial charge on any atom is 0.160 e. The van der Waals surface area contributed by atoms with E-state index >= 15 is 0 Å². The SMILES string of the molecule is CCn1ncc(Br)c1[C@@]12COCC[C@H]1O2. The van der Waals surface area contributed by atoms with E-state index < -0.39 is 0 Å². The highest BCUT2D eigenvalue weighted by Crippen LogP contribution is 2.52. The van der Waals surface area contributed by atoms with Gasteiger partial charge in [-0.2, -0.15) is 5.10 Å². The zero-order valence-corrected chi connectivity index (χ0v) is 10.2. The van der Waals surface area contributed by atoms with Gasteiger partial charge in [0.15, 0.2) is 5.60 Å². The first-order valence-corrected chi connectivity index (χ1v) is 6.04. The van der Waals surface area contributed by atoms with Crippen molar-refractivity contribution in [2.75, 3.05) is 13.2 Å². The van der Waals surface area contributed by atoms with Crippen LogP contribution in [0.1, 0.15) is 19.0 Å². The first-order chi connectivity index (χ1) is 7.28. The van der Waals surface area contributed by atoms with E-state index in [2.05, 4.69) is 28.0 Å². The summed E-state index contributed by atoms with van der Waals surface area (Å²) in [6.45, 7) is 4.41. The van der Waals surface area contributed by atoms with Crippen molar-refractivity contribution in [3.63, 3.8) is 0 Å². The minimum absolute atomic E-state index is 0.219. The number of ether oxygens (including phenoxy) is 2. The zero-order chi connectivity index (χ0) is 10.5. The van der Waals surface area contributed by atoms with Crippen LogP contribution in [0.3, 0.4) is 0 Å². The van der Waals surface area contributed by atoms with Crippen molar-refractivity contribution in [1.82, 2.24) is 9.78 Å². The lowest BCUT2D eigenvalue weighted by Crippen LogP contribution is -2.29. The maximum absolute atomic E-state index is 5.82. The van der Waals surface area contributed by atoms with Crippen molar-refractivity contribution in [2.45, 2.75) is 31.6 Å². The fraction of sp³-hybridized carbons (Fsp3) is 0.700. The average molecular weight is 273 g/mol. The van der Waals surface area contributed by atoms with Crippen LogP contribution in [0.15, 0.2) is 10.7 Å². The lowest BCUT2D eigenvalue weighted by Gasteiger charge is -2.19. The van der Waals surface area contributed by atoms with Crippen LogP contribution in [0.2, 0.25) is 0 Å². The molecule has 0 amide bonds. The molecule has 1 aromatic heterocycles. The number of halogens is 1. The number of hydrogen-bond acceptors (Lipinski definition) is 3. The third-order valence-corrected chi connectivity index (χ3v) is 3.73. The lowest BCUT2D eigenvalue weighted by molar-refractivity contribution is 0.0678. The van der Waals surface area contributed by atoms with Gasteiger partial charge in [0, 0.05) is 19.6 Å². The Hall–Kier alpha value is -0.390. The van der Waals surface area contributed by atoms with E-state index in [0.717, 1.165) is 29.7 Å². The van der Waals surface area contributed by atoms with Crippen LogP contribution >= 0.6 is 15.9 Å². The van der Waals surface area contributed by atoms with Crippen molar-refractivity contribution in [2.24, 2.45) is 0 Å². The molecular formula is C10H13BrN2O2. The van der Waals surface area contributed by atoms with Gasteiger partial charge in [0.05, 0.1) is 29.1 Å².